The molecule has 0 radical (unpaired) electrons. The van der Waals surface area contributed by atoms with Gasteiger partial charge in [0.25, 0.3) is 5.56 Å². The smallest absolute Gasteiger partial charge is 0.313 e. The molecule has 0 saturated heterocycles. The maximum atomic E-state index is 13.2. The number of fused-ring (bicyclic) bond motifs is 3. The Labute approximate surface area is 149 Å². The first-order chi connectivity index (χ1) is 11.9. The summed E-state index contributed by atoms with van der Waals surface area (Å²) in [7, 11) is 0. The van der Waals surface area contributed by atoms with Crippen molar-refractivity contribution in [2.24, 2.45) is 0 Å². The van der Waals surface area contributed by atoms with Crippen LogP contribution in [0.4, 0.5) is 0 Å². The Kier molecular flexibility index (Phi) is 4.77. The van der Waals surface area contributed by atoms with Gasteiger partial charge in [-0.2, -0.15) is 0 Å². The lowest BCUT2D eigenvalue weighted by atomic mass is 9.86. The Morgan fingerprint density at radius 2 is 2.16 bits per heavy atom. The van der Waals surface area contributed by atoms with E-state index in [1.807, 2.05) is 0 Å². The van der Waals surface area contributed by atoms with Crippen LogP contribution >= 0.6 is 11.3 Å². The van der Waals surface area contributed by atoms with E-state index >= 15 is 0 Å². The van der Waals surface area contributed by atoms with Crippen LogP contribution in [0.1, 0.15) is 61.8 Å². The van der Waals surface area contributed by atoms with Gasteiger partial charge in [-0.3, -0.25) is 19.0 Å². The minimum atomic E-state index is -0.579. The molecule has 7 heteroatoms. The van der Waals surface area contributed by atoms with Gasteiger partial charge in [0.2, 0.25) is 0 Å². The topological polar surface area (TPSA) is 78.3 Å². The summed E-state index contributed by atoms with van der Waals surface area (Å²) in [6.07, 6.45) is 2.40. The van der Waals surface area contributed by atoms with Crippen LogP contribution in [0.25, 0.3) is 10.2 Å². The van der Waals surface area contributed by atoms with Crippen molar-refractivity contribution < 1.29 is 14.3 Å². The van der Waals surface area contributed by atoms with Crippen molar-refractivity contribution >= 4 is 33.3 Å². The molecule has 0 fully saturated rings. The number of Topliss-reactive ketones (excluding diaryl/α,β-unsaturated/α-hetero) is 1. The van der Waals surface area contributed by atoms with Gasteiger partial charge in [-0.1, -0.05) is 0 Å². The van der Waals surface area contributed by atoms with E-state index in [4.69, 9.17) is 4.74 Å². The number of rotatable bonds is 4. The molecule has 3 rings (SSSR count). The number of carbonyl (C=O) groups excluding carboxylic acids is 2. The Balaban J connectivity index is 2.28. The van der Waals surface area contributed by atoms with Crippen molar-refractivity contribution in [1.29, 1.82) is 0 Å². The Hall–Kier alpha value is -2.02. The second-order valence-corrected chi connectivity index (χ2v) is 7.52. The third-order valence-corrected chi connectivity index (χ3v) is 6.00. The highest BCUT2D eigenvalue weighted by Gasteiger charge is 2.33. The lowest BCUT2D eigenvalue weighted by Gasteiger charge is -2.21. The highest BCUT2D eigenvalue weighted by Crippen LogP contribution is 2.41. The van der Waals surface area contributed by atoms with Crippen LogP contribution in [-0.2, 0) is 20.7 Å². The predicted octanol–water partition coefficient (Wildman–Crippen LogP) is 2.90. The fourth-order valence-electron chi connectivity index (χ4n) is 3.51. The molecule has 2 heterocycles. The number of ether oxygens (including phenoxy) is 1. The van der Waals surface area contributed by atoms with Gasteiger partial charge in [0.05, 0.1) is 24.0 Å². The van der Waals surface area contributed by atoms with Crippen molar-refractivity contribution in [3.63, 3.8) is 0 Å². The molecule has 6 nitrogen and oxygen atoms in total. The Morgan fingerprint density at radius 3 is 2.80 bits per heavy atom. The largest absolute Gasteiger partial charge is 0.466 e. The van der Waals surface area contributed by atoms with E-state index in [-0.39, 0.29) is 17.3 Å². The third kappa shape index (κ3) is 2.90. The minimum Gasteiger partial charge on any atom is -0.466 e. The molecule has 2 aromatic rings. The summed E-state index contributed by atoms with van der Waals surface area (Å²) in [6, 6.07) is -0.579. The van der Waals surface area contributed by atoms with Crippen molar-refractivity contribution in [3.8, 4) is 0 Å². The number of esters is 1. The van der Waals surface area contributed by atoms with E-state index in [2.05, 4.69) is 4.98 Å². The van der Waals surface area contributed by atoms with Crippen molar-refractivity contribution in [3.05, 3.63) is 26.6 Å². The Morgan fingerprint density at radius 1 is 1.44 bits per heavy atom. The van der Waals surface area contributed by atoms with Crippen molar-refractivity contribution in [2.45, 2.75) is 58.9 Å². The van der Waals surface area contributed by atoms with Gasteiger partial charge in [-0.25, -0.2) is 4.98 Å². The van der Waals surface area contributed by atoms with Crippen molar-refractivity contribution in [2.75, 3.05) is 6.61 Å². The quantitative estimate of drug-likeness (QED) is 0.782. The molecule has 2 unspecified atom stereocenters. The summed E-state index contributed by atoms with van der Waals surface area (Å²) < 4.78 is 6.66. The number of hydrogen-bond donors (Lipinski definition) is 0. The van der Waals surface area contributed by atoms with Crippen LogP contribution in [0.5, 0.6) is 0 Å². The maximum Gasteiger partial charge on any atom is 0.313 e. The molecule has 0 N–H and O–H groups in total. The second kappa shape index (κ2) is 6.71. The number of thiophene rings is 1. The highest BCUT2D eigenvalue weighted by atomic mass is 32.1. The molecular formula is C18H22N2O4S. The first-order valence-electron chi connectivity index (χ1n) is 8.58. The van der Waals surface area contributed by atoms with Gasteiger partial charge < -0.3 is 4.74 Å². The SMILES string of the molecule is CCOC(=O)C1CCCc2sc3nc(C)n(C(C)C(C)=O)c(=O)c3c21. The second-order valence-electron chi connectivity index (χ2n) is 6.44. The lowest BCUT2D eigenvalue weighted by molar-refractivity contribution is -0.145. The zero-order valence-electron chi connectivity index (χ0n) is 14.9. The summed E-state index contributed by atoms with van der Waals surface area (Å²) >= 11 is 1.48. The van der Waals surface area contributed by atoms with Crippen LogP contribution in [0.2, 0.25) is 0 Å². The molecule has 0 spiro atoms. The van der Waals surface area contributed by atoms with Gasteiger partial charge in [0.15, 0.2) is 5.78 Å². The van der Waals surface area contributed by atoms with Gasteiger partial charge >= 0.3 is 5.97 Å². The predicted molar refractivity (Wildman–Crippen MR) is 96.3 cm³/mol. The molecule has 1 aliphatic carbocycles. The molecule has 0 amide bonds. The average molecular weight is 362 g/mol. The number of nitrogens with zero attached hydrogens (tertiary/aromatic N) is 2. The molecule has 2 aromatic heterocycles. The van der Waals surface area contributed by atoms with Crippen LogP contribution in [0, 0.1) is 6.92 Å². The Bertz CT molecular complexity index is 912. The highest BCUT2D eigenvalue weighted by molar-refractivity contribution is 7.18. The molecule has 134 valence electrons. The monoisotopic (exact) mass is 362 g/mol. The summed E-state index contributed by atoms with van der Waals surface area (Å²) in [4.78, 5) is 43.6. The molecule has 0 aliphatic heterocycles. The van der Waals surface area contributed by atoms with Crippen LogP contribution in [0.3, 0.4) is 0 Å². The van der Waals surface area contributed by atoms with E-state index in [1.54, 1.807) is 20.8 Å². The number of ketones is 1. The molecule has 0 aromatic carbocycles. The standard InChI is InChI=1S/C18H22N2O4S/c1-5-24-18(23)12-7-6-8-13-14(12)15-16(25-13)19-11(4)20(17(15)22)9(2)10(3)21/h9,12H,5-8H2,1-4H3. The van der Waals surface area contributed by atoms with E-state index in [9.17, 15) is 14.4 Å². The third-order valence-electron chi connectivity index (χ3n) is 4.84. The van der Waals surface area contributed by atoms with Gasteiger partial charge in [-0.05, 0) is 52.5 Å². The maximum absolute atomic E-state index is 13.2. The zero-order valence-corrected chi connectivity index (χ0v) is 15.7. The van der Waals surface area contributed by atoms with Crippen LogP contribution in [-0.4, -0.2) is 27.9 Å². The molecule has 1 aliphatic rings. The van der Waals surface area contributed by atoms with Crippen molar-refractivity contribution in [1.82, 2.24) is 9.55 Å². The molecular weight excluding hydrogens is 340 g/mol. The number of hydrogen-bond acceptors (Lipinski definition) is 6. The first kappa shape index (κ1) is 17.8. The summed E-state index contributed by atoms with van der Waals surface area (Å²) in [5.74, 6) is -0.283. The lowest BCUT2D eigenvalue weighted by Crippen LogP contribution is -2.31. The number of aromatic nitrogens is 2. The van der Waals surface area contributed by atoms with E-state index < -0.39 is 12.0 Å². The van der Waals surface area contributed by atoms with Gasteiger partial charge in [0.1, 0.15) is 10.7 Å². The molecule has 25 heavy (non-hydrogen) atoms. The fourth-order valence-corrected chi connectivity index (χ4v) is 4.82. The van der Waals surface area contributed by atoms with E-state index in [1.165, 1.54) is 22.8 Å². The summed E-state index contributed by atoms with van der Waals surface area (Å²) in [6.45, 7) is 6.99. The zero-order chi connectivity index (χ0) is 18.3. The normalized spacial score (nSPS) is 18.0. The average Bonchev–Trinajstić information content (AvgIpc) is 2.92. The summed E-state index contributed by atoms with van der Waals surface area (Å²) in [5, 5.41) is 0.483. The van der Waals surface area contributed by atoms with E-state index in [0.717, 1.165) is 23.3 Å². The molecule has 0 saturated carbocycles. The minimum absolute atomic E-state index is 0.0996. The fraction of sp³-hybridized carbons (Fsp3) is 0.556. The van der Waals surface area contributed by atoms with Gasteiger partial charge in [0, 0.05) is 4.88 Å². The van der Waals surface area contributed by atoms with Gasteiger partial charge in [-0.15, -0.1) is 11.3 Å². The number of aryl methyl sites for hydroxylation is 2. The first-order valence-corrected chi connectivity index (χ1v) is 9.39. The summed E-state index contributed by atoms with van der Waals surface area (Å²) in [5.41, 5.74) is 0.533. The molecule has 0 bridgehead atoms. The number of carbonyl (C=O) groups is 2. The van der Waals surface area contributed by atoms with Crippen LogP contribution in [0.15, 0.2) is 4.79 Å². The van der Waals surface area contributed by atoms with E-state index in [0.29, 0.717) is 29.1 Å². The van der Waals surface area contributed by atoms with Crippen LogP contribution < -0.4 is 5.56 Å². The molecule has 2 atom stereocenters.